The largest absolute Gasteiger partial charge is 0.361 e. The monoisotopic (exact) mass is 463 g/mol. The molecular weight excluding hydrogens is 433 g/mol. The Hall–Kier alpha value is -2.07. The van der Waals surface area contributed by atoms with E-state index >= 15 is 0 Å². The molecule has 31 heavy (non-hydrogen) atoms. The molecule has 0 radical (unpaired) electrons. The minimum Gasteiger partial charge on any atom is -0.361 e. The molecule has 0 atom stereocenters. The van der Waals surface area contributed by atoms with Crippen molar-refractivity contribution >= 4 is 29.1 Å². The van der Waals surface area contributed by atoms with Crippen LogP contribution in [0.15, 0.2) is 42.7 Å². The summed E-state index contributed by atoms with van der Waals surface area (Å²) in [4.78, 5) is 4.39. The first-order chi connectivity index (χ1) is 14.5. The molecule has 1 aromatic carbocycles. The first-order valence-corrected chi connectivity index (χ1v) is 15.9. The highest BCUT2D eigenvalue weighted by molar-refractivity contribution is 7.88. The molecule has 0 aliphatic carbocycles. The number of aromatic nitrogens is 2. The van der Waals surface area contributed by atoms with E-state index in [-0.39, 0.29) is 5.82 Å². The van der Waals surface area contributed by atoms with E-state index in [0.717, 1.165) is 29.0 Å². The summed E-state index contributed by atoms with van der Waals surface area (Å²) in [6.07, 6.45) is 5.02. The number of nitrogens with one attached hydrogen (secondary N) is 1. The quantitative estimate of drug-likeness (QED) is 0.360. The summed E-state index contributed by atoms with van der Waals surface area (Å²) in [6, 6.07) is 10.1. The van der Waals surface area contributed by atoms with Gasteiger partial charge in [-0.1, -0.05) is 43.9 Å². The first-order valence-electron chi connectivity index (χ1n) is 10.3. The number of benzene rings is 1. The predicted molar refractivity (Wildman–Crippen MR) is 126 cm³/mol. The van der Waals surface area contributed by atoms with Crippen LogP contribution in [0.25, 0.3) is 22.2 Å². The SMILES string of the molecule is C[Si](C)(C)CCOCn1cc(-c2cccc(CCNS(C)(=O)=O)c2)c2c(F)ccnc21. The zero-order valence-corrected chi connectivity index (χ0v) is 20.3. The van der Waals surface area contributed by atoms with Gasteiger partial charge in [0.1, 0.15) is 18.2 Å². The standard InChI is InChI=1S/C22H30FN3O3SSi/c1-30(27,28)25-11-8-17-6-5-7-18(14-17)19-15-26(16-29-12-13-31(2,3)4)22-21(19)20(23)9-10-24-22/h5-7,9-10,14-15,25H,8,11-13,16H2,1-4H3. The van der Waals surface area contributed by atoms with Crippen LogP contribution in [-0.4, -0.2) is 45.5 Å². The molecule has 0 unspecified atom stereocenters. The fourth-order valence-electron chi connectivity index (χ4n) is 3.31. The van der Waals surface area contributed by atoms with Gasteiger partial charge in [0.25, 0.3) is 0 Å². The van der Waals surface area contributed by atoms with E-state index in [2.05, 4.69) is 29.3 Å². The zero-order chi connectivity index (χ0) is 22.6. The summed E-state index contributed by atoms with van der Waals surface area (Å²) in [5.41, 5.74) is 3.11. The molecule has 3 aromatic rings. The van der Waals surface area contributed by atoms with Gasteiger partial charge in [-0.05, 0) is 29.7 Å². The number of halogens is 1. The number of rotatable bonds is 10. The van der Waals surface area contributed by atoms with Crippen molar-refractivity contribution in [3.05, 3.63) is 54.1 Å². The van der Waals surface area contributed by atoms with Crippen LogP contribution in [-0.2, 0) is 27.9 Å². The third-order valence-corrected chi connectivity index (χ3v) is 7.38. The maximum absolute atomic E-state index is 14.8. The van der Waals surface area contributed by atoms with E-state index < -0.39 is 18.1 Å². The van der Waals surface area contributed by atoms with Crippen LogP contribution in [0.4, 0.5) is 4.39 Å². The molecule has 3 rings (SSSR count). The highest BCUT2D eigenvalue weighted by Gasteiger charge is 2.17. The van der Waals surface area contributed by atoms with Crippen molar-refractivity contribution in [2.24, 2.45) is 0 Å². The Kier molecular flexibility index (Phi) is 7.30. The molecule has 0 fully saturated rings. The molecule has 0 bridgehead atoms. The normalized spacial score (nSPS) is 12.5. The van der Waals surface area contributed by atoms with Crippen LogP contribution >= 0.6 is 0 Å². The lowest BCUT2D eigenvalue weighted by molar-refractivity contribution is 0.0899. The number of nitrogens with zero attached hydrogens (tertiary/aromatic N) is 2. The number of pyridine rings is 1. The third kappa shape index (κ3) is 6.70. The van der Waals surface area contributed by atoms with Gasteiger partial charge in [-0.2, -0.15) is 0 Å². The molecule has 1 N–H and O–H groups in total. The smallest absolute Gasteiger partial charge is 0.208 e. The van der Waals surface area contributed by atoms with E-state index in [4.69, 9.17) is 4.74 Å². The molecule has 6 nitrogen and oxygen atoms in total. The summed E-state index contributed by atoms with van der Waals surface area (Å²) in [6.45, 7) is 8.20. The highest BCUT2D eigenvalue weighted by Crippen LogP contribution is 2.32. The summed E-state index contributed by atoms with van der Waals surface area (Å²) in [5.74, 6) is -0.329. The lowest BCUT2D eigenvalue weighted by Gasteiger charge is -2.15. The molecule has 0 spiro atoms. The third-order valence-electron chi connectivity index (χ3n) is 4.95. The summed E-state index contributed by atoms with van der Waals surface area (Å²) in [7, 11) is -4.42. The molecular formula is C22H30FN3O3SSi. The zero-order valence-electron chi connectivity index (χ0n) is 18.5. The number of ether oxygens (including phenoxy) is 1. The maximum atomic E-state index is 14.8. The van der Waals surface area contributed by atoms with Crippen LogP contribution in [0.3, 0.4) is 0 Å². The molecule has 0 aliphatic rings. The van der Waals surface area contributed by atoms with Crippen molar-refractivity contribution in [1.82, 2.24) is 14.3 Å². The minimum absolute atomic E-state index is 0.310. The molecule has 0 amide bonds. The van der Waals surface area contributed by atoms with Gasteiger partial charge in [0.2, 0.25) is 10.0 Å². The topological polar surface area (TPSA) is 73.2 Å². The Morgan fingerprint density at radius 2 is 2.00 bits per heavy atom. The van der Waals surface area contributed by atoms with E-state index in [1.54, 1.807) is 0 Å². The molecule has 2 aromatic heterocycles. The summed E-state index contributed by atoms with van der Waals surface area (Å²) < 4.78 is 47.5. The molecule has 9 heteroatoms. The Morgan fingerprint density at radius 3 is 2.71 bits per heavy atom. The second kappa shape index (κ2) is 9.60. The van der Waals surface area contributed by atoms with Crippen molar-refractivity contribution in [3.63, 3.8) is 0 Å². The second-order valence-electron chi connectivity index (χ2n) is 8.97. The van der Waals surface area contributed by atoms with Gasteiger partial charge in [0, 0.05) is 39.2 Å². The van der Waals surface area contributed by atoms with E-state index in [9.17, 15) is 12.8 Å². The Balaban J connectivity index is 1.86. The van der Waals surface area contributed by atoms with Crippen LogP contribution < -0.4 is 4.72 Å². The van der Waals surface area contributed by atoms with E-state index in [0.29, 0.717) is 37.3 Å². The van der Waals surface area contributed by atoms with Gasteiger partial charge in [0.15, 0.2) is 0 Å². The van der Waals surface area contributed by atoms with Crippen molar-refractivity contribution in [2.75, 3.05) is 19.4 Å². The van der Waals surface area contributed by atoms with E-state index in [1.165, 1.54) is 12.3 Å². The van der Waals surface area contributed by atoms with Gasteiger partial charge >= 0.3 is 0 Å². The maximum Gasteiger partial charge on any atom is 0.208 e. The predicted octanol–water partition coefficient (Wildman–Crippen LogP) is 4.25. The van der Waals surface area contributed by atoms with Crippen LogP contribution in [0.5, 0.6) is 0 Å². The number of sulfonamides is 1. The van der Waals surface area contributed by atoms with Crippen LogP contribution in [0, 0.1) is 5.82 Å². The van der Waals surface area contributed by atoms with E-state index in [1.807, 2.05) is 35.0 Å². The molecule has 0 saturated heterocycles. The van der Waals surface area contributed by atoms with Gasteiger partial charge < -0.3 is 9.30 Å². The Morgan fingerprint density at radius 1 is 1.23 bits per heavy atom. The Labute approximate surface area is 184 Å². The summed E-state index contributed by atoms with van der Waals surface area (Å²) in [5, 5.41) is 0.461. The average Bonchev–Trinajstić information content (AvgIpc) is 3.04. The van der Waals surface area contributed by atoms with Crippen LogP contribution in [0.1, 0.15) is 5.56 Å². The van der Waals surface area contributed by atoms with Crippen molar-refractivity contribution in [2.45, 2.75) is 38.8 Å². The second-order valence-corrected chi connectivity index (χ2v) is 16.4. The molecule has 168 valence electrons. The summed E-state index contributed by atoms with van der Waals surface area (Å²) >= 11 is 0. The average molecular weight is 464 g/mol. The van der Waals surface area contributed by atoms with Crippen LogP contribution in [0.2, 0.25) is 25.7 Å². The van der Waals surface area contributed by atoms with Gasteiger partial charge in [-0.15, -0.1) is 0 Å². The number of fused-ring (bicyclic) bond motifs is 1. The first kappa shape index (κ1) is 23.6. The lowest BCUT2D eigenvalue weighted by Crippen LogP contribution is -2.24. The molecule has 0 aliphatic heterocycles. The molecule has 2 heterocycles. The van der Waals surface area contributed by atoms with Gasteiger partial charge in [-0.3, -0.25) is 0 Å². The van der Waals surface area contributed by atoms with Gasteiger partial charge in [-0.25, -0.2) is 22.5 Å². The highest BCUT2D eigenvalue weighted by atomic mass is 32.2. The van der Waals surface area contributed by atoms with Crippen molar-refractivity contribution in [3.8, 4) is 11.1 Å². The fourth-order valence-corrected chi connectivity index (χ4v) is 4.54. The molecule has 0 saturated carbocycles. The number of hydrogen-bond donors (Lipinski definition) is 1. The minimum atomic E-state index is -3.23. The van der Waals surface area contributed by atoms with Crippen molar-refractivity contribution < 1.29 is 17.5 Å². The van der Waals surface area contributed by atoms with Gasteiger partial charge in [0.05, 0.1) is 11.6 Å². The number of hydrogen-bond acceptors (Lipinski definition) is 4. The van der Waals surface area contributed by atoms with Crippen molar-refractivity contribution in [1.29, 1.82) is 0 Å². The fraction of sp³-hybridized carbons (Fsp3) is 0.409. The lowest BCUT2D eigenvalue weighted by atomic mass is 10.0. The Bertz CT molecular complexity index is 1160.